The van der Waals surface area contributed by atoms with Crippen LogP contribution in [0.5, 0.6) is 0 Å². The van der Waals surface area contributed by atoms with Gasteiger partial charge >= 0.3 is 6.03 Å². The number of methoxy groups -OCH3 is 1. The molecule has 1 aliphatic heterocycles. The largest absolute Gasteiger partial charge is 0.383 e. The molecule has 3 amide bonds. The molecule has 2 heterocycles. The van der Waals surface area contributed by atoms with Crippen LogP contribution in [0.3, 0.4) is 0 Å². The lowest BCUT2D eigenvalue weighted by molar-refractivity contribution is -0.126. The van der Waals surface area contributed by atoms with Gasteiger partial charge in [-0.1, -0.05) is 42.1 Å². The summed E-state index contributed by atoms with van der Waals surface area (Å²) in [5.74, 6) is 0.597. The zero-order valence-electron chi connectivity index (χ0n) is 15.4. The molecular weight excluding hydrogens is 366 g/mol. The average molecular weight is 389 g/mol. The van der Waals surface area contributed by atoms with Crippen LogP contribution in [0.1, 0.15) is 18.3 Å². The SMILES string of the molecule is COCCn1c(Cc2ccccc2)nnc1S[C@@H](C)C(=O)N1CCNC1=O. The number of hydrogen-bond acceptors (Lipinski definition) is 6. The first-order chi connectivity index (χ1) is 13.1. The number of ether oxygens (including phenoxy) is 1. The summed E-state index contributed by atoms with van der Waals surface area (Å²) in [5, 5.41) is 11.5. The summed E-state index contributed by atoms with van der Waals surface area (Å²) in [6.07, 6.45) is 0.648. The van der Waals surface area contributed by atoms with Gasteiger partial charge < -0.3 is 14.6 Å². The standard InChI is InChI=1S/C18H23N5O3S/c1-13(16(24)23-9-8-19-17(23)25)27-18-21-20-15(22(18)10-11-26-2)12-14-6-4-3-5-7-14/h3-7,13H,8-12H2,1-2H3,(H,19,25)/t13-/m0/s1. The fourth-order valence-electron chi connectivity index (χ4n) is 2.83. The summed E-state index contributed by atoms with van der Waals surface area (Å²) in [4.78, 5) is 25.5. The number of thioether (sulfide) groups is 1. The van der Waals surface area contributed by atoms with Crippen LogP contribution in [0.15, 0.2) is 35.5 Å². The van der Waals surface area contributed by atoms with Crippen molar-refractivity contribution in [3.05, 3.63) is 41.7 Å². The summed E-state index contributed by atoms with van der Waals surface area (Å²) in [5.41, 5.74) is 1.14. The van der Waals surface area contributed by atoms with E-state index in [0.717, 1.165) is 11.4 Å². The van der Waals surface area contributed by atoms with Crippen LogP contribution < -0.4 is 5.32 Å². The predicted molar refractivity (Wildman–Crippen MR) is 102 cm³/mol. The summed E-state index contributed by atoms with van der Waals surface area (Å²) in [6, 6.07) is 9.70. The van der Waals surface area contributed by atoms with Crippen LogP contribution in [0.4, 0.5) is 4.79 Å². The second-order valence-corrected chi connectivity index (χ2v) is 7.50. The molecule has 1 aromatic carbocycles. The van der Waals surface area contributed by atoms with Crippen LogP contribution in [0.2, 0.25) is 0 Å². The number of carbonyl (C=O) groups is 2. The van der Waals surface area contributed by atoms with Gasteiger partial charge in [0.2, 0.25) is 5.91 Å². The molecule has 1 N–H and O–H groups in total. The van der Waals surface area contributed by atoms with Crippen LogP contribution in [-0.2, 0) is 22.5 Å². The van der Waals surface area contributed by atoms with Gasteiger partial charge in [0, 0.05) is 33.2 Å². The van der Waals surface area contributed by atoms with Crippen molar-refractivity contribution in [2.45, 2.75) is 30.3 Å². The molecule has 9 heteroatoms. The highest BCUT2D eigenvalue weighted by atomic mass is 32.2. The molecule has 0 radical (unpaired) electrons. The number of benzene rings is 1. The van der Waals surface area contributed by atoms with Gasteiger partial charge in [0.1, 0.15) is 5.82 Å². The van der Waals surface area contributed by atoms with Crippen molar-refractivity contribution in [2.24, 2.45) is 0 Å². The van der Waals surface area contributed by atoms with Gasteiger partial charge in [0.25, 0.3) is 0 Å². The molecule has 144 valence electrons. The van der Waals surface area contributed by atoms with Crippen molar-refractivity contribution in [1.29, 1.82) is 0 Å². The van der Waals surface area contributed by atoms with Gasteiger partial charge in [-0.2, -0.15) is 0 Å². The van der Waals surface area contributed by atoms with Crippen LogP contribution in [0, 0.1) is 0 Å². The van der Waals surface area contributed by atoms with Gasteiger partial charge in [0.05, 0.1) is 11.9 Å². The monoisotopic (exact) mass is 389 g/mol. The van der Waals surface area contributed by atoms with Crippen LogP contribution in [0.25, 0.3) is 0 Å². The van der Waals surface area contributed by atoms with Crippen molar-refractivity contribution in [3.63, 3.8) is 0 Å². The lowest BCUT2D eigenvalue weighted by Crippen LogP contribution is -2.39. The maximum Gasteiger partial charge on any atom is 0.324 e. The molecule has 0 unspecified atom stereocenters. The van der Waals surface area contributed by atoms with Gasteiger partial charge in [-0.05, 0) is 12.5 Å². The molecule has 3 rings (SSSR count). The van der Waals surface area contributed by atoms with E-state index in [4.69, 9.17) is 4.74 Å². The van der Waals surface area contributed by atoms with Gasteiger partial charge in [0.15, 0.2) is 5.16 Å². The van der Waals surface area contributed by atoms with E-state index in [1.807, 2.05) is 34.9 Å². The topological polar surface area (TPSA) is 89.3 Å². The Bertz CT molecular complexity index is 796. The van der Waals surface area contributed by atoms with Crippen molar-refractivity contribution in [3.8, 4) is 0 Å². The van der Waals surface area contributed by atoms with E-state index in [9.17, 15) is 9.59 Å². The number of urea groups is 1. The number of nitrogens with one attached hydrogen (secondary N) is 1. The second kappa shape index (κ2) is 9.01. The second-order valence-electron chi connectivity index (χ2n) is 6.19. The normalized spacial score (nSPS) is 15.0. The third-order valence-corrected chi connectivity index (χ3v) is 5.34. The molecule has 1 saturated heterocycles. The molecule has 1 aromatic heterocycles. The first-order valence-corrected chi connectivity index (χ1v) is 9.69. The van der Waals surface area contributed by atoms with E-state index in [1.165, 1.54) is 16.7 Å². The van der Waals surface area contributed by atoms with E-state index < -0.39 is 5.25 Å². The highest BCUT2D eigenvalue weighted by molar-refractivity contribution is 8.00. The number of nitrogens with zero attached hydrogens (tertiary/aromatic N) is 4. The molecule has 1 fully saturated rings. The Kier molecular flexibility index (Phi) is 6.46. The van der Waals surface area contributed by atoms with E-state index in [2.05, 4.69) is 15.5 Å². The van der Waals surface area contributed by atoms with E-state index in [0.29, 0.717) is 37.8 Å². The number of hydrogen-bond donors (Lipinski definition) is 1. The number of carbonyl (C=O) groups excluding carboxylic acids is 2. The number of rotatable bonds is 8. The molecule has 8 nitrogen and oxygen atoms in total. The van der Waals surface area contributed by atoms with Crippen molar-refractivity contribution >= 4 is 23.7 Å². The Balaban J connectivity index is 1.75. The summed E-state index contributed by atoms with van der Waals surface area (Å²) >= 11 is 1.31. The minimum absolute atomic E-state index is 0.221. The first kappa shape index (κ1) is 19.4. The van der Waals surface area contributed by atoms with Crippen LogP contribution in [-0.4, -0.2) is 63.7 Å². The Morgan fingerprint density at radius 1 is 1.33 bits per heavy atom. The highest BCUT2D eigenvalue weighted by Crippen LogP contribution is 2.25. The minimum Gasteiger partial charge on any atom is -0.383 e. The number of aromatic nitrogens is 3. The van der Waals surface area contributed by atoms with Gasteiger partial charge in [-0.15, -0.1) is 10.2 Å². The summed E-state index contributed by atoms with van der Waals surface area (Å²) in [7, 11) is 1.65. The molecule has 0 spiro atoms. The molecule has 1 atom stereocenters. The maximum atomic E-state index is 12.5. The highest BCUT2D eigenvalue weighted by Gasteiger charge is 2.31. The fourth-order valence-corrected chi connectivity index (χ4v) is 3.79. The van der Waals surface area contributed by atoms with Crippen molar-refractivity contribution in [2.75, 3.05) is 26.8 Å². The zero-order chi connectivity index (χ0) is 19.2. The molecule has 1 aliphatic rings. The Hall–Kier alpha value is -2.39. The zero-order valence-corrected chi connectivity index (χ0v) is 16.2. The van der Waals surface area contributed by atoms with Crippen molar-refractivity contribution in [1.82, 2.24) is 25.0 Å². The summed E-state index contributed by atoms with van der Waals surface area (Å²) in [6.45, 7) is 3.79. The van der Waals surface area contributed by atoms with Gasteiger partial charge in [-0.25, -0.2) is 4.79 Å². The Morgan fingerprint density at radius 3 is 2.78 bits per heavy atom. The molecule has 2 aromatic rings. The molecule has 0 aliphatic carbocycles. The molecule has 27 heavy (non-hydrogen) atoms. The Morgan fingerprint density at radius 2 is 2.11 bits per heavy atom. The smallest absolute Gasteiger partial charge is 0.324 e. The lowest BCUT2D eigenvalue weighted by Gasteiger charge is -2.17. The number of amides is 3. The van der Waals surface area contributed by atoms with E-state index >= 15 is 0 Å². The first-order valence-electron chi connectivity index (χ1n) is 8.81. The van der Waals surface area contributed by atoms with E-state index in [-0.39, 0.29) is 11.9 Å². The van der Waals surface area contributed by atoms with Gasteiger partial charge in [-0.3, -0.25) is 9.69 Å². The molecular formula is C18H23N5O3S. The van der Waals surface area contributed by atoms with E-state index in [1.54, 1.807) is 14.0 Å². The average Bonchev–Trinajstić information content (AvgIpc) is 3.26. The third-order valence-electron chi connectivity index (χ3n) is 4.27. The number of imide groups is 1. The molecule has 0 saturated carbocycles. The minimum atomic E-state index is -0.441. The summed E-state index contributed by atoms with van der Waals surface area (Å²) < 4.78 is 7.19. The third kappa shape index (κ3) is 4.67. The predicted octanol–water partition coefficient (Wildman–Crippen LogP) is 1.55. The molecule has 0 bridgehead atoms. The Labute approximate surface area is 162 Å². The quantitative estimate of drug-likeness (QED) is 0.689. The fraction of sp³-hybridized carbons (Fsp3) is 0.444. The lowest BCUT2D eigenvalue weighted by atomic mass is 10.1. The van der Waals surface area contributed by atoms with Crippen LogP contribution >= 0.6 is 11.8 Å². The maximum absolute atomic E-state index is 12.5. The van der Waals surface area contributed by atoms with Crippen molar-refractivity contribution < 1.29 is 14.3 Å².